The smallest absolute Gasteiger partial charge is 0.405 e. The van der Waals surface area contributed by atoms with E-state index in [1.165, 1.54) is 7.11 Å². The zero-order valence-electron chi connectivity index (χ0n) is 21.6. The zero-order valence-corrected chi connectivity index (χ0v) is 25.6. The average molecular weight is 650 g/mol. The summed E-state index contributed by atoms with van der Waals surface area (Å²) in [6.45, 7) is -3.66. The van der Waals surface area contributed by atoms with Gasteiger partial charge < -0.3 is 23.2 Å². The fourth-order valence-corrected chi connectivity index (χ4v) is 4.76. The third-order valence-corrected chi connectivity index (χ3v) is 6.65. The topological polar surface area (TPSA) is 101 Å². The number of phosphoric ester groups is 1. The molecule has 0 saturated heterocycles. The molecule has 0 fully saturated rings. The minimum Gasteiger partial charge on any atom is -0.405 e. The fourth-order valence-electron chi connectivity index (χ4n) is 2.55. The van der Waals surface area contributed by atoms with Crippen LogP contribution < -0.4 is 18.1 Å². The number of para-hydroxylation sites is 4. The predicted molar refractivity (Wildman–Crippen MR) is 161 cm³/mol. The Kier molecular flexibility index (Phi) is 17.9. The van der Waals surface area contributed by atoms with E-state index < -0.39 is 14.8 Å². The van der Waals surface area contributed by atoms with Gasteiger partial charge in [0.2, 0.25) is 0 Å². The lowest BCUT2D eigenvalue weighted by atomic mass is 10.3. The van der Waals surface area contributed by atoms with E-state index in [1.54, 1.807) is 97.1 Å². The van der Waals surface area contributed by atoms with Crippen LogP contribution in [0.2, 0.25) is 0 Å². The van der Waals surface area contributed by atoms with E-state index >= 15 is 0 Å². The minimum absolute atomic E-state index is 0.194. The van der Waals surface area contributed by atoms with Gasteiger partial charge in [0.05, 0.1) is 5.34 Å². The number of benzene rings is 4. The van der Waals surface area contributed by atoms with E-state index in [0.29, 0.717) is 23.0 Å². The van der Waals surface area contributed by atoms with Gasteiger partial charge in [-0.15, -0.1) is 23.2 Å². The molecule has 4 aromatic rings. The maximum absolute atomic E-state index is 12.3. The van der Waals surface area contributed by atoms with Crippen LogP contribution in [0, 0.1) is 0 Å². The highest BCUT2D eigenvalue weighted by Gasteiger charge is 2.28. The zero-order chi connectivity index (χ0) is 29.7. The second-order valence-corrected chi connectivity index (χ2v) is 11.7. The van der Waals surface area contributed by atoms with Crippen LogP contribution in [0.15, 0.2) is 121 Å². The molecule has 8 nitrogen and oxygen atoms in total. The van der Waals surface area contributed by atoms with Gasteiger partial charge in [0.25, 0.3) is 0 Å². The molecule has 0 heterocycles. The average Bonchev–Trinajstić information content (AvgIpc) is 2.96. The number of hydrogen-bond donors (Lipinski definition) is 1. The van der Waals surface area contributed by atoms with Gasteiger partial charge in [-0.05, 0) is 48.5 Å². The SMILES string of the molecule is CO.COP(=O)(Oc1ccccc1)Oc1ccccc1.ClCCl.O=P(Cl)(Oc1ccccc1)Oc1ccccc1. The molecule has 0 amide bonds. The monoisotopic (exact) mass is 648 g/mol. The molecule has 0 radical (unpaired) electrons. The standard InChI is InChI=1S/C13H13O4P.C12H10ClO3P.CH2Cl2.CH4O/c1-15-18(14,16-12-8-4-2-5-9-12)17-13-10-6-3-7-11-13;13-17(14,15-11-7-3-1-4-8-11)16-12-9-5-2-6-10-12;2-1-3;1-2/h2-11H,1H3;1-10H;1H2;2H,1H3. The summed E-state index contributed by atoms with van der Waals surface area (Å²) >= 11 is 15.2. The predicted octanol–water partition coefficient (Wildman–Crippen LogP) is 9.42. The van der Waals surface area contributed by atoms with Crippen molar-refractivity contribution >= 4 is 49.2 Å². The molecule has 13 heteroatoms. The lowest BCUT2D eigenvalue weighted by Crippen LogP contribution is -2.02. The number of aliphatic hydroxyl groups excluding tert-OH is 1. The minimum atomic E-state index is -3.66. The summed E-state index contributed by atoms with van der Waals surface area (Å²) in [5.74, 6) is 1.67. The van der Waals surface area contributed by atoms with Crippen molar-refractivity contribution in [2.75, 3.05) is 19.6 Å². The van der Waals surface area contributed by atoms with Crippen LogP contribution >= 0.6 is 49.2 Å². The largest absolute Gasteiger partial charge is 0.587 e. The third-order valence-electron chi connectivity index (χ3n) is 4.06. The molecule has 0 atom stereocenters. The molecule has 40 heavy (non-hydrogen) atoms. The van der Waals surface area contributed by atoms with Gasteiger partial charge >= 0.3 is 14.8 Å². The van der Waals surface area contributed by atoms with Gasteiger partial charge in [0.1, 0.15) is 23.0 Å². The Bertz CT molecular complexity index is 1180. The summed E-state index contributed by atoms with van der Waals surface area (Å²) in [5.41, 5.74) is 0. The number of phosphoric acid groups is 1. The molecule has 4 rings (SSSR count). The Morgan fingerprint density at radius 1 is 0.550 bits per heavy atom. The molecular formula is C27H29Cl3O8P2. The molecule has 0 aliphatic carbocycles. The van der Waals surface area contributed by atoms with Crippen molar-refractivity contribution in [3.8, 4) is 23.0 Å². The Hall–Kier alpha value is -2.67. The maximum atomic E-state index is 12.3. The first-order valence-corrected chi connectivity index (χ1v) is 16.3. The van der Waals surface area contributed by atoms with Gasteiger partial charge in [-0.1, -0.05) is 72.8 Å². The highest BCUT2D eigenvalue weighted by atomic mass is 35.7. The van der Waals surface area contributed by atoms with Crippen molar-refractivity contribution in [3.05, 3.63) is 121 Å². The summed E-state index contributed by atoms with van der Waals surface area (Å²) in [5, 5.41) is 7.19. The van der Waals surface area contributed by atoms with E-state index in [2.05, 4.69) is 0 Å². The molecule has 0 bridgehead atoms. The van der Waals surface area contributed by atoms with E-state index in [1.807, 2.05) is 24.3 Å². The van der Waals surface area contributed by atoms with E-state index in [9.17, 15) is 9.13 Å². The van der Waals surface area contributed by atoms with Crippen molar-refractivity contribution in [1.29, 1.82) is 0 Å². The van der Waals surface area contributed by atoms with Gasteiger partial charge in [-0.3, -0.25) is 4.52 Å². The van der Waals surface area contributed by atoms with E-state index in [-0.39, 0.29) is 5.34 Å². The summed E-state index contributed by atoms with van der Waals surface area (Å²) in [6.07, 6.45) is 0. The molecule has 0 saturated carbocycles. The highest BCUT2D eigenvalue weighted by molar-refractivity contribution is 7.82. The van der Waals surface area contributed by atoms with Gasteiger partial charge in [0.15, 0.2) is 0 Å². The summed E-state index contributed by atoms with van der Waals surface area (Å²) in [7, 11) is -1.36. The summed E-state index contributed by atoms with van der Waals surface area (Å²) in [6, 6.07) is 34.8. The van der Waals surface area contributed by atoms with Crippen LogP contribution in [0.25, 0.3) is 0 Å². The first kappa shape index (κ1) is 35.4. The molecule has 0 aliphatic rings. The Labute approximate surface area is 249 Å². The highest BCUT2D eigenvalue weighted by Crippen LogP contribution is 2.53. The lowest BCUT2D eigenvalue weighted by molar-refractivity contribution is 0.250. The molecule has 4 aromatic carbocycles. The van der Waals surface area contributed by atoms with Crippen LogP contribution in [0.3, 0.4) is 0 Å². The van der Waals surface area contributed by atoms with Crippen LogP contribution in [0.4, 0.5) is 0 Å². The number of hydrogen-bond acceptors (Lipinski definition) is 8. The quantitative estimate of drug-likeness (QED) is 0.141. The van der Waals surface area contributed by atoms with E-state index in [0.717, 1.165) is 7.11 Å². The number of halogens is 3. The Morgan fingerprint density at radius 3 is 1.00 bits per heavy atom. The normalized spacial score (nSPS) is 10.2. The summed E-state index contributed by atoms with van der Waals surface area (Å²) < 4.78 is 49.7. The number of aliphatic hydroxyl groups is 1. The first-order valence-electron chi connectivity index (χ1n) is 11.3. The fraction of sp³-hybridized carbons (Fsp3) is 0.111. The molecule has 0 unspecified atom stereocenters. The van der Waals surface area contributed by atoms with Crippen molar-refractivity contribution in [3.63, 3.8) is 0 Å². The van der Waals surface area contributed by atoms with Crippen molar-refractivity contribution in [2.45, 2.75) is 0 Å². The molecule has 1 N–H and O–H groups in total. The Morgan fingerprint density at radius 2 is 0.775 bits per heavy atom. The molecule has 0 spiro atoms. The van der Waals surface area contributed by atoms with Crippen LogP contribution in [0.1, 0.15) is 0 Å². The molecule has 216 valence electrons. The Balaban J connectivity index is 0.000000345. The second kappa shape index (κ2) is 20.2. The summed E-state index contributed by atoms with van der Waals surface area (Å²) in [4.78, 5) is 0. The first-order chi connectivity index (χ1) is 19.3. The van der Waals surface area contributed by atoms with Crippen LogP contribution in [-0.2, 0) is 13.7 Å². The van der Waals surface area contributed by atoms with Crippen molar-refractivity contribution < 1.29 is 36.9 Å². The van der Waals surface area contributed by atoms with Gasteiger partial charge in [-0.2, -0.15) is 0 Å². The van der Waals surface area contributed by atoms with Crippen LogP contribution in [0.5, 0.6) is 23.0 Å². The van der Waals surface area contributed by atoms with Crippen molar-refractivity contribution in [1.82, 2.24) is 0 Å². The van der Waals surface area contributed by atoms with Gasteiger partial charge in [-0.25, -0.2) is 9.13 Å². The number of alkyl halides is 2. The lowest BCUT2D eigenvalue weighted by Gasteiger charge is -2.16. The van der Waals surface area contributed by atoms with Crippen LogP contribution in [-0.4, -0.2) is 24.7 Å². The maximum Gasteiger partial charge on any atom is 0.587 e. The molecule has 0 aromatic heterocycles. The van der Waals surface area contributed by atoms with Gasteiger partial charge in [0, 0.05) is 25.5 Å². The van der Waals surface area contributed by atoms with E-state index in [4.69, 9.17) is 62.2 Å². The number of rotatable bonds is 9. The molecular weight excluding hydrogens is 621 g/mol. The third kappa shape index (κ3) is 15.2. The molecule has 0 aliphatic heterocycles. The second-order valence-electron chi connectivity index (χ2n) is 6.78. The van der Waals surface area contributed by atoms with Crippen molar-refractivity contribution in [2.24, 2.45) is 0 Å².